The van der Waals surface area contributed by atoms with E-state index in [2.05, 4.69) is 42.0 Å². The molecule has 138 valence electrons. The van der Waals surface area contributed by atoms with Crippen molar-refractivity contribution in [2.24, 2.45) is 0 Å². The van der Waals surface area contributed by atoms with Crippen LogP contribution in [0.5, 0.6) is 0 Å². The summed E-state index contributed by atoms with van der Waals surface area (Å²) in [5, 5.41) is 2.78. The van der Waals surface area contributed by atoms with Gasteiger partial charge in [-0.15, -0.1) is 0 Å². The molecule has 0 aliphatic heterocycles. The molecular weight excluding hydrogens is 394 g/mol. The molecule has 0 unspecified atom stereocenters. The summed E-state index contributed by atoms with van der Waals surface area (Å²) in [6.45, 7) is 6.36. The normalized spacial score (nSPS) is 12.3. The van der Waals surface area contributed by atoms with Crippen molar-refractivity contribution < 1.29 is 14.3 Å². The van der Waals surface area contributed by atoms with Crippen LogP contribution in [0, 0.1) is 0 Å². The monoisotopic (exact) mass is 417 g/mol. The molecule has 1 amide bonds. The van der Waals surface area contributed by atoms with Crippen molar-refractivity contribution in [2.45, 2.75) is 38.6 Å². The zero-order chi connectivity index (χ0) is 19.3. The van der Waals surface area contributed by atoms with Crippen LogP contribution >= 0.6 is 15.9 Å². The van der Waals surface area contributed by atoms with E-state index in [-0.39, 0.29) is 11.3 Å². The number of halogens is 1. The average Bonchev–Trinajstić information content (AvgIpc) is 2.59. The minimum atomic E-state index is -0.746. The lowest BCUT2D eigenvalue weighted by atomic mass is 9.86. The van der Waals surface area contributed by atoms with Gasteiger partial charge in [0.15, 0.2) is 0 Å². The first-order valence-corrected chi connectivity index (χ1v) is 9.23. The van der Waals surface area contributed by atoms with E-state index in [9.17, 15) is 9.59 Å². The summed E-state index contributed by atoms with van der Waals surface area (Å²) in [7, 11) is 1.32. The molecule has 4 nitrogen and oxygen atoms in total. The maximum atomic E-state index is 12.6. The number of rotatable bonds is 5. The molecule has 0 aliphatic carbocycles. The second-order valence-corrected chi connectivity index (χ2v) is 8.13. The molecule has 1 atom stereocenters. The Morgan fingerprint density at radius 1 is 1.12 bits per heavy atom. The molecule has 0 aliphatic rings. The van der Waals surface area contributed by atoms with E-state index in [4.69, 9.17) is 4.74 Å². The zero-order valence-electron chi connectivity index (χ0n) is 15.5. The highest BCUT2D eigenvalue weighted by atomic mass is 79.9. The number of methoxy groups -OCH3 is 1. The predicted octanol–water partition coefficient (Wildman–Crippen LogP) is 4.26. The summed E-state index contributed by atoms with van der Waals surface area (Å²) in [6.07, 6.45) is 0.359. The van der Waals surface area contributed by atoms with Gasteiger partial charge < -0.3 is 10.1 Å². The van der Waals surface area contributed by atoms with Gasteiger partial charge in [0.1, 0.15) is 6.04 Å². The van der Waals surface area contributed by atoms with Crippen LogP contribution in [0.1, 0.15) is 42.3 Å². The number of carbonyl (C=O) groups excluding carboxylic acids is 2. The highest BCUT2D eigenvalue weighted by molar-refractivity contribution is 9.10. The molecular formula is C21H24BrNO3. The quantitative estimate of drug-likeness (QED) is 0.739. The Bertz CT molecular complexity index is 779. The number of amides is 1. The molecule has 0 fully saturated rings. The van der Waals surface area contributed by atoms with Crippen molar-refractivity contribution in [3.63, 3.8) is 0 Å². The molecule has 0 aromatic heterocycles. The van der Waals surface area contributed by atoms with Gasteiger partial charge in [0.2, 0.25) is 0 Å². The fourth-order valence-electron chi connectivity index (χ4n) is 2.60. The van der Waals surface area contributed by atoms with Gasteiger partial charge >= 0.3 is 5.97 Å². The summed E-state index contributed by atoms with van der Waals surface area (Å²) in [5.41, 5.74) is 2.61. The van der Waals surface area contributed by atoms with E-state index in [0.717, 1.165) is 15.6 Å². The van der Waals surface area contributed by atoms with Crippen LogP contribution in [0.2, 0.25) is 0 Å². The molecule has 2 aromatic carbocycles. The van der Waals surface area contributed by atoms with Gasteiger partial charge in [0.25, 0.3) is 5.91 Å². The topological polar surface area (TPSA) is 55.4 Å². The molecule has 26 heavy (non-hydrogen) atoms. The summed E-state index contributed by atoms with van der Waals surface area (Å²) in [4.78, 5) is 24.7. The maximum absolute atomic E-state index is 12.6. The standard InChI is InChI=1S/C21H24BrNO3/c1-21(2,3)16-10-8-15(9-11-16)19(24)23-18(20(25)26-4)13-14-6-5-7-17(22)12-14/h5-12,18H,13H2,1-4H3,(H,23,24)/t18-/m1/s1. The fourth-order valence-corrected chi connectivity index (χ4v) is 3.05. The Balaban J connectivity index is 2.14. The Labute approximate surface area is 163 Å². The number of esters is 1. The third-order valence-corrected chi connectivity index (χ3v) is 4.63. The Kier molecular flexibility index (Phi) is 6.59. The minimum Gasteiger partial charge on any atom is -0.467 e. The summed E-state index contributed by atoms with van der Waals surface area (Å²) >= 11 is 3.41. The fraction of sp³-hybridized carbons (Fsp3) is 0.333. The Morgan fingerprint density at radius 3 is 2.31 bits per heavy atom. The molecule has 5 heteroatoms. The van der Waals surface area contributed by atoms with Gasteiger partial charge in [0.05, 0.1) is 7.11 Å². The summed E-state index contributed by atoms with van der Waals surface area (Å²) in [6, 6.07) is 14.3. The Morgan fingerprint density at radius 2 is 1.77 bits per heavy atom. The summed E-state index contributed by atoms with van der Waals surface area (Å²) < 4.78 is 5.77. The van der Waals surface area contributed by atoms with E-state index in [1.54, 1.807) is 12.1 Å². The van der Waals surface area contributed by atoms with Gasteiger partial charge in [-0.2, -0.15) is 0 Å². The molecule has 0 radical (unpaired) electrons. The second kappa shape index (κ2) is 8.49. The van der Waals surface area contributed by atoms with Crippen LogP contribution in [-0.2, 0) is 21.4 Å². The third-order valence-electron chi connectivity index (χ3n) is 4.13. The SMILES string of the molecule is COC(=O)[C@@H](Cc1cccc(Br)c1)NC(=O)c1ccc(C(C)(C)C)cc1. The largest absolute Gasteiger partial charge is 0.467 e. The molecule has 1 N–H and O–H groups in total. The zero-order valence-corrected chi connectivity index (χ0v) is 17.1. The van der Waals surface area contributed by atoms with Crippen molar-refractivity contribution in [3.8, 4) is 0 Å². The smallest absolute Gasteiger partial charge is 0.328 e. The highest BCUT2D eigenvalue weighted by Gasteiger charge is 2.23. The van der Waals surface area contributed by atoms with Gasteiger partial charge in [0, 0.05) is 16.5 Å². The predicted molar refractivity (Wildman–Crippen MR) is 106 cm³/mol. The van der Waals surface area contributed by atoms with Crippen LogP contribution < -0.4 is 5.32 Å². The van der Waals surface area contributed by atoms with Gasteiger partial charge in [-0.25, -0.2) is 4.79 Å². The van der Waals surface area contributed by atoms with Crippen molar-refractivity contribution in [1.29, 1.82) is 0 Å². The van der Waals surface area contributed by atoms with E-state index in [1.165, 1.54) is 7.11 Å². The number of carbonyl (C=O) groups is 2. The van der Waals surface area contributed by atoms with Crippen LogP contribution in [0.25, 0.3) is 0 Å². The maximum Gasteiger partial charge on any atom is 0.328 e. The van der Waals surface area contributed by atoms with Crippen LogP contribution in [0.4, 0.5) is 0 Å². The van der Waals surface area contributed by atoms with E-state index >= 15 is 0 Å². The minimum absolute atomic E-state index is 0.0181. The lowest BCUT2D eigenvalue weighted by Crippen LogP contribution is -2.43. The molecule has 2 aromatic rings. The van der Waals surface area contributed by atoms with Crippen molar-refractivity contribution in [2.75, 3.05) is 7.11 Å². The van der Waals surface area contributed by atoms with E-state index in [0.29, 0.717) is 12.0 Å². The molecule has 0 heterocycles. The van der Waals surface area contributed by atoms with E-state index < -0.39 is 12.0 Å². The Hall–Kier alpha value is -2.14. The molecule has 0 saturated heterocycles. The lowest BCUT2D eigenvalue weighted by molar-refractivity contribution is -0.142. The highest BCUT2D eigenvalue weighted by Crippen LogP contribution is 2.22. The second-order valence-electron chi connectivity index (χ2n) is 7.21. The van der Waals surface area contributed by atoms with E-state index in [1.807, 2.05) is 36.4 Å². The van der Waals surface area contributed by atoms with Crippen LogP contribution in [0.3, 0.4) is 0 Å². The number of benzene rings is 2. The molecule has 0 bridgehead atoms. The van der Waals surface area contributed by atoms with Gasteiger partial charge in [-0.1, -0.05) is 61.0 Å². The van der Waals surface area contributed by atoms with Crippen molar-refractivity contribution >= 4 is 27.8 Å². The van der Waals surface area contributed by atoms with Crippen LogP contribution in [-0.4, -0.2) is 25.0 Å². The van der Waals surface area contributed by atoms with Crippen LogP contribution in [0.15, 0.2) is 53.0 Å². The summed E-state index contributed by atoms with van der Waals surface area (Å²) in [5.74, 6) is -0.763. The first-order valence-electron chi connectivity index (χ1n) is 8.44. The van der Waals surface area contributed by atoms with Crippen molar-refractivity contribution in [3.05, 3.63) is 69.7 Å². The first kappa shape index (κ1) is 20.2. The first-order chi connectivity index (χ1) is 12.2. The van der Waals surface area contributed by atoms with Gasteiger partial charge in [-0.3, -0.25) is 4.79 Å². The lowest BCUT2D eigenvalue weighted by Gasteiger charge is -2.20. The number of hydrogen-bond donors (Lipinski definition) is 1. The van der Waals surface area contributed by atoms with Gasteiger partial charge in [-0.05, 0) is 40.8 Å². The number of nitrogens with one attached hydrogen (secondary N) is 1. The van der Waals surface area contributed by atoms with Crippen molar-refractivity contribution in [1.82, 2.24) is 5.32 Å². The molecule has 0 spiro atoms. The molecule has 0 saturated carbocycles. The number of hydrogen-bond acceptors (Lipinski definition) is 3. The number of ether oxygens (including phenoxy) is 1. The molecule has 2 rings (SSSR count). The third kappa shape index (κ3) is 5.43. The average molecular weight is 418 g/mol.